The van der Waals surface area contributed by atoms with Crippen LogP contribution in [0, 0.1) is 0 Å². The minimum absolute atomic E-state index is 0.250. The van der Waals surface area contributed by atoms with E-state index in [0.717, 1.165) is 35.9 Å². The smallest absolute Gasteiger partial charge is 0.305 e. The Morgan fingerprint density at radius 3 is 2.11 bits per heavy atom. The van der Waals surface area contributed by atoms with Crippen LogP contribution in [0.3, 0.4) is 0 Å². The molecule has 2 nitrogen and oxygen atoms in total. The topological polar surface area (TPSA) is 37.3 Å². The van der Waals surface area contributed by atoms with Crippen LogP contribution in [0.5, 0.6) is 0 Å². The highest BCUT2D eigenvalue weighted by atomic mass is 28.1. The molecule has 0 heterocycles. The van der Waals surface area contributed by atoms with Crippen molar-refractivity contribution in [2.24, 2.45) is 0 Å². The van der Waals surface area contributed by atoms with Crippen LogP contribution >= 0.6 is 0 Å². The van der Waals surface area contributed by atoms with Crippen LogP contribution in [0.4, 0.5) is 0 Å². The Hall–Kier alpha value is -0.313. The Morgan fingerprint density at radius 2 is 1.89 bits per heavy atom. The van der Waals surface area contributed by atoms with Gasteiger partial charge in [0.05, 0.1) is 5.04 Å². The molecule has 0 aromatic heterocycles. The van der Waals surface area contributed by atoms with E-state index in [1.54, 1.807) is 0 Å². The molecule has 1 saturated carbocycles. The predicted molar refractivity (Wildman–Crippen MR) is 38.7 cm³/mol. The third-order valence-corrected chi connectivity index (χ3v) is 3.65. The lowest BCUT2D eigenvalue weighted by Gasteiger charge is -2.15. The SMILES string of the molecule is O=C(O)C1([SiH3])CCCC1. The summed E-state index contributed by atoms with van der Waals surface area (Å²) >= 11 is 0. The number of carbonyl (C=O) groups is 1. The minimum atomic E-state index is -0.563. The average Bonchev–Trinajstić information content (AvgIpc) is 2.16. The predicted octanol–water partition coefficient (Wildman–Crippen LogP) is 0.169. The molecule has 0 aromatic carbocycles. The molecule has 0 aliphatic heterocycles. The van der Waals surface area contributed by atoms with Crippen LogP contribution in [-0.2, 0) is 4.79 Å². The van der Waals surface area contributed by atoms with Crippen molar-refractivity contribution < 1.29 is 9.90 Å². The monoisotopic (exact) mass is 144 g/mol. The Labute approximate surface area is 57.7 Å². The van der Waals surface area contributed by atoms with Crippen LogP contribution in [0.1, 0.15) is 25.7 Å². The van der Waals surface area contributed by atoms with Gasteiger partial charge in [0.2, 0.25) is 0 Å². The molecule has 1 aliphatic carbocycles. The lowest BCUT2D eigenvalue weighted by molar-refractivity contribution is -0.140. The van der Waals surface area contributed by atoms with Gasteiger partial charge in [-0.25, -0.2) is 0 Å². The van der Waals surface area contributed by atoms with E-state index >= 15 is 0 Å². The van der Waals surface area contributed by atoms with Gasteiger partial charge >= 0.3 is 5.97 Å². The van der Waals surface area contributed by atoms with Gasteiger partial charge in [-0.1, -0.05) is 12.8 Å². The fourth-order valence-corrected chi connectivity index (χ4v) is 2.08. The summed E-state index contributed by atoms with van der Waals surface area (Å²) in [6, 6.07) is 0. The summed E-state index contributed by atoms with van der Waals surface area (Å²) in [7, 11) is 0.817. The maximum absolute atomic E-state index is 10.6. The molecule has 1 aliphatic rings. The van der Waals surface area contributed by atoms with Gasteiger partial charge in [0.25, 0.3) is 0 Å². The summed E-state index contributed by atoms with van der Waals surface area (Å²) in [6.07, 6.45) is 4.09. The van der Waals surface area contributed by atoms with Crippen molar-refractivity contribution in [3.05, 3.63) is 0 Å². The first-order valence-electron chi connectivity index (χ1n) is 3.38. The second-order valence-corrected chi connectivity index (χ2v) is 4.99. The van der Waals surface area contributed by atoms with E-state index in [4.69, 9.17) is 5.11 Å². The Balaban J connectivity index is 2.61. The van der Waals surface area contributed by atoms with Crippen molar-refractivity contribution in [1.82, 2.24) is 0 Å². The van der Waals surface area contributed by atoms with Crippen molar-refractivity contribution in [2.45, 2.75) is 30.7 Å². The zero-order valence-electron chi connectivity index (χ0n) is 5.68. The van der Waals surface area contributed by atoms with Crippen molar-refractivity contribution in [1.29, 1.82) is 0 Å². The molecule has 1 fully saturated rings. The highest BCUT2D eigenvalue weighted by Gasteiger charge is 2.35. The first-order valence-corrected chi connectivity index (χ1v) is 4.38. The number of hydrogen-bond acceptors (Lipinski definition) is 1. The van der Waals surface area contributed by atoms with Crippen molar-refractivity contribution in [3.8, 4) is 0 Å². The van der Waals surface area contributed by atoms with E-state index in [9.17, 15) is 4.79 Å². The Kier molecular flexibility index (Phi) is 1.61. The van der Waals surface area contributed by atoms with Gasteiger partial charge in [-0.05, 0) is 12.8 Å². The van der Waals surface area contributed by atoms with Crippen molar-refractivity contribution in [3.63, 3.8) is 0 Å². The van der Waals surface area contributed by atoms with Crippen LogP contribution in [-0.4, -0.2) is 21.3 Å². The largest absolute Gasteiger partial charge is 0.481 e. The number of hydrogen-bond donors (Lipinski definition) is 1. The Bertz CT molecular complexity index is 127. The molecular formula is C6H12O2Si. The quantitative estimate of drug-likeness (QED) is 0.533. The normalized spacial score (nSPS) is 24.4. The van der Waals surface area contributed by atoms with E-state index in [1.165, 1.54) is 0 Å². The summed E-state index contributed by atoms with van der Waals surface area (Å²) in [6.45, 7) is 0. The van der Waals surface area contributed by atoms with Crippen molar-refractivity contribution in [2.75, 3.05) is 0 Å². The van der Waals surface area contributed by atoms with Gasteiger partial charge in [0, 0.05) is 10.2 Å². The van der Waals surface area contributed by atoms with Gasteiger partial charge in [0.15, 0.2) is 0 Å². The molecule has 52 valence electrons. The first kappa shape index (κ1) is 6.80. The van der Waals surface area contributed by atoms with E-state index in [1.807, 2.05) is 0 Å². The van der Waals surface area contributed by atoms with Crippen LogP contribution in [0.15, 0.2) is 0 Å². The molecule has 0 atom stereocenters. The summed E-state index contributed by atoms with van der Waals surface area (Å²) in [5.41, 5.74) is 0. The van der Waals surface area contributed by atoms with E-state index < -0.39 is 5.97 Å². The Morgan fingerprint density at radius 1 is 1.44 bits per heavy atom. The summed E-state index contributed by atoms with van der Waals surface area (Å²) in [4.78, 5) is 10.6. The lowest BCUT2D eigenvalue weighted by Crippen LogP contribution is -2.19. The maximum atomic E-state index is 10.6. The lowest BCUT2D eigenvalue weighted by atomic mass is 10.1. The number of aliphatic carboxylic acids is 1. The van der Waals surface area contributed by atoms with E-state index in [2.05, 4.69) is 0 Å². The molecule has 0 radical (unpaired) electrons. The summed E-state index contributed by atoms with van der Waals surface area (Å²) in [5.74, 6) is -0.563. The molecule has 0 spiro atoms. The first-order chi connectivity index (χ1) is 4.15. The van der Waals surface area contributed by atoms with Gasteiger partial charge in [-0.15, -0.1) is 0 Å². The fourth-order valence-electron chi connectivity index (χ4n) is 1.37. The highest BCUT2D eigenvalue weighted by Crippen LogP contribution is 2.41. The second kappa shape index (κ2) is 2.14. The number of carboxylic acid groups (broad SMARTS) is 1. The number of rotatable bonds is 1. The van der Waals surface area contributed by atoms with E-state index in [-0.39, 0.29) is 5.04 Å². The highest BCUT2D eigenvalue weighted by molar-refractivity contribution is 6.26. The summed E-state index contributed by atoms with van der Waals surface area (Å²) in [5, 5.41) is 8.46. The fraction of sp³-hybridized carbons (Fsp3) is 0.833. The third kappa shape index (κ3) is 1.15. The maximum Gasteiger partial charge on any atom is 0.305 e. The second-order valence-electron chi connectivity index (χ2n) is 3.07. The van der Waals surface area contributed by atoms with Gasteiger partial charge in [0.1, 0.15) is 0 Å². The molecule has 0 amide bonds. The average molecular weight is 144 g/mol. The van der Waals surface area contributed by atoms with Crippen LogP contribution in [0.25, 0.3) is 0 Å². The van der Waals surface area contributed by atoms with Crippen LogP contribution in [0.2, 0.25) is 5.04 Å². The summed E-state index contributed by atoms with van der Waals surface area (Å²) < 4.78 is 0. The van der Waals surface area contributed by atoms with Gasteiger partial charge < -0.3 is 5.11 Å². The molecule has 1 rings (SSSR count). The zero-order valence-corrected chi connectivity index (χ0v) is 7.68. The molecule has 3 heteroatoms. The number of carboxylic acids is 1. The third-order valence-electron chi connectivity index (χ3n) is 2.22. The van der Waals surface area contributed by atoms with Gasteiger partial charge in [-0.2, -0.15) is 0 Å². The standard InChI is InChI=1S/C6H12O2Si/c7-5(8)6(9)3-1-2-4-6/h1-4H2,9H3,(H,7,8). The van der Waals surface area contributed by atoms with Crippen LogP contribution < -0.4 is 0 Å². The molecule has 0 bridgehead atoms. The zero-order chi connectivity index (χ0) is 6.91. The van der Waals surface area contributed by atoms with Crippen molar-refractivity contribution >= 4 is 16.2 Å². The van der Waals surface area contributed by atoms with E-state index in [0.29, 0.717) is 0 Å². The molecular weight excluding hydrogens is 132 g/mol. The molecule has 0 unspecified atom stereocenters. The molecule has 0 aromatic rings. The minimum Gasteiger partial charge on any atom is -0.481 e. The van der Waals surface area contributed by atoms with Gasteiger partial charge in [-0.3, -0.25) is 4.79 Å². The molecule has 0 saturated heterocycles. The molecule has 1 N–H and O–H groups in total. The molecule has 9 heavy (non-hydrogen) atoms.